The molecule has 7 rings (SSSR count). The van der Waals surface area contributed by atoms with Crippen molar-refractivity contribution in [2.24, 2.45) is 0 Å². The van der Waals surface area contributed by atoms with Crippen LogP contribution in [0.15, 0.2) is 84.9 Å². The van der Waals surface area contributed by atoms with E-state index in [0.29, 0.717) is 12.0 Å². The van der Waals surface area contributed by atoms with E-state index in [-0.39, 0.29) is 29.1 Å². The molecule has 37 heavy (non-hydrogen) atoms. The van der Waals surface area contributed by atoms with Gasteiger partial charge in [0.1, 0.15) is 5.54 Å². The Labute approximate surface area is 215 Å². The number of phenols is 1. The standard InChI is InChI=1S/C32H27NO4/c1-37-26-18-21(15-16-25(26)34)29(35)31(22-10-3-2-4-11-22)19-32(33-17-7-14-27(31)33)24-13-6-9-20-8-5-12-23(28(20)24)30(32)36/h2-6,8-13,15-16,18,27,34H,7,14,17,19H2,1H3. The number of ether oxygens (including phenoxy) is 1. The van der Waals surface area contributed by atoms with Crippen LogP contribution < -0.4 is 4.74 Å². The monoisotopic (exact) mass is 489 g/mol. The van der Waals surface area contributed by atoms with Gasteiger partial charge < -0.3 is 9.84 Å². The van der Waals surface area contributed by atoms with E-state index in [1.807, 2.05) is 48.5 Å². The molecule has 0 aromatic heterocycles. The van der Waals surface area contributed by atoms with Crippen molar-refractivity contribution in [3.8, 4) is 11.5 Å². The van der Waals surface area contributed by atoms with Crippen LogP contribution in [0.4, 0.5) is 0 Å². The number of phenolic OH excluding ortho intramolecular Hbond substituents is 1. The normalized spacial score (nSPS) is 26.2. The maximum atomic E-state index is 14.8. The summed E-state index contributed by atoms with van der Waals surface area (Å²) in [6.45, 7) is 0.765. The van der Waals surface area contributed by atoms with Gasteiger partial charge in [-0.05, 0) is 65.9 Å². The molecule has 2 saturated heterocycles. The quantitative estimate of drug-likeness (QED) is 0.376. The van der Waals surface area contributed by atoms with Crippen molar-refractivity contribution in [2.45, 2.75) is 36.3 Å². The average molecular weight is 490 g/mol. The molecular formula is C32H27NO4. The molecular weight excluding hydrogens is 462 g/mol. The molecule has 0 bridgehead atoms. The molecule has 5 heteroatoms. The first-order chi connectivity index (χ1) is 18.0. The van der Waals surface area contributed by atoms with Crippen molar-refractivity contribution in [1.82, 2.24) is 4.90 Å². The van der Waals surface area contributed by atoms with Gasteiger partial charge in [-0.25, -0.2) is 0 Å². The molecule has 2 fully saturated rings. The lowest BCUT2D eigenvalue weighted by Crippen LogP contribution is -2.47. The van der Waals surface area contributed by atoms with Crippen LogP contribution in [0.3, 0.4) is 0 Å². The lowest BCUT2D eigenvalue weighted by Gasteiger charge is -2.34. The van der Waals surface area contributed by atoms with Gasteiger partial charge in [0, 0.05) is 17.2 Å². The Morgan fingerprint density at radius 1 is 1.00 bits per heavy atom. The number of ketones is 2. The van der Waals surface area contributed by atoms with Crippen molar-refractivity contribution in [3.05, 3.63) is 107 Å². The lowest BCUT2D eigenvalue weighted by atomic mass is 9.65. The molecule has 1 aliphatic carbocycles. The first-order valence-corrected chi connectivity index (χ1v) is 12.8. The van der Waals surface area contributed by atoms with Crippen LogP contribution in [0.5, 0.6) is 11.5 Å². The number of rotatable bonds is 4. The van der Waals surface area contributed by atoms with Gasteiger partial charge in [0.2, 0.25) is 0 Å². The first kappa shape index (κ1) is 22.3. The van der Waals surface area contributed by atoms with Gasteiger partial charge in [0.15, 0.2) is 23.1 Å². The Bertz CT molecular complexity index is 1590. The van der Waals surface area contributed by atoms with Gasteiger partial charge in [0.25, 0.3) is 0 Å². The Morgan fingerprint density at radius 3 is 2.57 bits per heavy atom. The lowest BCUT2D eigenvalue weighted by molar-refractivity contribution is 0.0668. The third-order valence-corrected chi connectivity index (χ3v) is 8.95. The fourth-order valence-electron chi connectivity index (χ4n) is 7.51. The molecule has 3 atom stereocenters. The Hall–Kier alpha value is -3.96. The molecule has 2 heterocycles. The van der Waals surface area contributed by atoms with Gasteiger partial charge in [-0.1, -0.05) is 66.7 Å². The van der Waals surface area contributed by atoms with Crippen LogP contribution in [0.1, 0.15) is 51.1 Å². The van der Waals surface area contributed by atoms with Gasteiger partial charge in [-0.3, -0.25) is 14.5 Å². The second kappa shape index (κ2) is 7.77. The number of benzene rings is 4. The van der Waals surface area contributed by atoms with Crippen molar-refractivity contribution < 1.29 is 19.4 Å². The highest BCUT2D eigenvalue weighted by atomic mass is 16.5. The van der Waals surface area contributed by atoms with Gasteiger partial charge in [0.05, 0.1) is 12.5 Å². The summed E-state index contributed by atoms with van der Waals surface area (Å²) in [5.74, 6) is 0.312. The van der Waals surface area contributed by atoms with Gasteiger partial charge in [-0.2, -0.15) is 0 Å². The number of aromatic hydroxyl groups is 1. The minimum absolute atomic E-state index is 0.00806. The minimum Gasteiger partial charge on any atom is -0.504 e. The zero-order valence-corrected chi connectivity index (χ0v) is 20.6. The summed E-state index contributed by atoms with van der Waals surface area (Å²) in [6.07, 6.45) is 2.13. The maximum absolute atomic E-state index is 14.8. The van der Waals surface area contributed by atoms with Crippen LogP contribution in [-0.2, 0) is 11.0 Å². The van der Waals surface area contributed by atoms with E-state index in [2.05, 4.69) is 23.1 Å². The highest BCUT2D eigenvalue weighted by Crippen LogP contribution is 2.61. The topological polar surface area (TPSA) is 66.8 Å². The van der Waals surface area contributed by atoms with Crippen molar-refractivity contribution in [3.63, 3.8) is 0 Å². The fraction of sp³-hybridized carbons (Fsp3) is 0.250. The number of hydrogen-bond donors (Lipinski definition) is 1. The van der Waals surface area contributed by atoms with Crippen LogP contribution >= 0.6 is 0 Å². The van der Waals surface area contributed by atoms with E-state index in [1.54, 1.807) is 12.1 Å². The summed E-state index contributed by atoms with van der Waals surface area (Å²) >= 11 is 0. The van der Waals surface area contributed by atoms with Gasteiger partial charge in [-0.15, -0.1) is 0 Å². The Kier molecular flexibility index (Phi) is 4.67. The highest BCUT2D eigenvalue weighted by molar-refractivity contribution is 6.21. The first-order valence-electron chi connectivity index (χ1n) is 12.8. The van der Waals surface area contributed by atoms with E-state index in [4.69, 9.17) is 4.74 Å². The summed E-state index contributed by atoms with van der Waals surface area (Å²) in [5, 5.41) is 12.3. The zero-order chi connectivity index (χ0) is 25.4. The number of hydrogen-bond acceptors (Lipinski definition) is 5. The number of methoxy groups -OCH3 is 1. The molecule has 1 N–H and O–H groups in total. The predicted molar refractivity (Wildman–Crippen MR) is 141 cm³/mol. The summed E-state index contributed by atoms with van der Waals surface area (Å²) in [7, 11) is 1.48. The second-order valence-corrected chi connectivity index (χ2v) is 10.5. The van der Waals surface area contributed by atoms with Crippen LogP contribution in [0.2, 0.25) is 0 Å². The second-order valence-electron chi connectivity index (χ2n) is 10.5. The summed E-state index contributed by atoms with van der Waals surface area (Å²) in [4.78, 5) is 31.6. The van der Waals surface area contributed by atoms with Crippen LogP contribution in [0.25, 0.3) is 10.8 Å². The molecule has 184 valence electrons. The van der Waals surface area contributed by atoms with E-state index in [9.17, 15) is 14.7 Å². The third-order valence-electron chi connectivity index (χ3n) is 8.95. The molecule has 4 aromatic rings. The van der Waals surface area contributed by atoms with E-state index < -0.39 is 11.0 Å². The smallest absolute Gasteiger partial charge is 0.188 e. The van der Waals surface area contributed by atoms with E-state index in [0.717, 1.165) is 46.8 Å². The predicted octanol–water partition coefficient (Wildman–Crippen LogP) is 5.63. The van der Waals surface area contributed by atoms with Gasteiger partial charge >= 0.3 is 0 Å². The molecule has 5 nitrogen and oxygen atoms in total. The number of nitrogens with zero attached hydrogens (tertiary/aromatic N) is 1. The van der Waals surface area contributed by atoms with Crippen LogP contribution in [0, 0.1) is 0 Å². The number of carbonyl (C=O) groups is 2. The summed E-state index contributed by atoms with van der Waals surface area (Å²) in [5.41, 5.74) is 1.35. The van der Waals surface area contributed by atoms with Crippen LogP contribution in [-0.4, -0.2) is 41.3 Å². The summed E-state index contributed by atoms with van der Waals surface area (Å²) < 4.78 is 5.35. The van der Waals surface area contributed by atoms with E-state index in [1.165, 1.54) is 13.2 Å². The van der Waals surface area contributed by atoms with Crippen molar-refractivity contribution in [2.75, 3.05) is 13.7 Å². The molecule has 0 radical (unpaired) electrons. The number of fused-ring (bicyclic) bond motifs is 3. The molecule has 0 saturated carbocycles. The Balaban J connectivity index is 1.50. The highest BCUT2D eigenvalue weighted by Gasteiger charge is 2.69. The molecule has 3 unspecified atom stereocenters. The maximum Gasteiger partial charge on any atom is 0.188 e. The molecule has 4 aromatic carbocycles. The largest absolute Gasteiger partial charge is 0.504 e. The third kappa shape index (κ3) is 2.72. The van der Waals surface area contributed by atoms with Crippen molar-refractivity contribution >= 4 is 22.3 Å². The number of Topliss-reactive ketones (excluding diaryl/α,β-unsaturated/α-hetero) is 2. The SMILES string of the molecule is COc1cc(C(=O)C2(c3ccccc3)CC3(C(=O)c4cccc5cccc3c45)N3CCCC32)ccc1O. The fourth-order valence-corrected chi connectivity index (χ4v) is 7.51. The minimum atomic E-state index is -0.931. The molecule has 0 amide bonds. The van der Waals surface area contributed by atoms with E-state index >= 15 is 0 Å². The zero-order valence-electron chi connectivity index (χ0n) is 20.6. The Morgan fingerprint density at radius 2 is 1.78 bits per heavy atom. The summed E-state index contributed by atoms with van der Waals surface area (Å²) in [6, 6.07) is 26.7. The number of carbonyl (C=O) groups excluding carboxylic acids is 2. The van der Waals surface area contributed by atoms with Crippen molar-refractivity contribution in [1.29, 1.82) is 0 Å². The molecule has 1 spiro atoms. The average Bonchev–Trinajstić information content (AvgIpc) is 3.60. The molecule has 2 aliphatic heterocycles. The molecule has 3 aliphatic rings.